The maximum atomic E-state index is 6.17. The summed E-state index contributed by atoms with van der Waals surface area (Å²) in [5.41, 5.74) is 1.57. The molecule has 0 aliphatic rings. The average molecular weight is 432 g/mol. The first-order valence-corrected chi connectivity index (χ1v) is 10.3. The van der Waals surface area contributed by atoms with Gasteiger partial charge in [0.05, 0.1) is 23.6 Å². The number of ether oxygens (including phenoxy) is 1. The van der Waals surface area contributed by atoms with Crippen LogP contribution in [0.2, 0.25) is 5.02 Å². The molecule has 4 rings (SSSR count). The van der Waals surface area contributed by atoms with Gasteiger partial charge in [-0.25, -0.2) is 0 Å². The molecule has 28 heavy (non-hydrogen) atoms. The van der Waals surface area contributed by atoms with Gasteiger partial charge in [-0.05, 0) is 24.3 Å². The van der Waals surface area contributed by atoms with Crippen LogP contribution in [0.15, 0.2) is 57.4 Å². The third-order valence-corrected chi connectivity index (χ3v) is 5.94. The number of benzene rings is 2. The van der Waals surface area contributed by atoms with Crippen molar-refractivity contribution < 1.29 is 9.26 Å². The molecule has 0 radical (unpaired) electrons. The minimum Gasteiger partial charge on any atom is -0.495 e. The lowest BCUT2D eigenvalue weighted by Gasteiger charge is -2.07. The lowest BCUT2D eigenvalue weighted by Crippen LogP contribution is -1.93. The van der Waals surface area contributed by atoms with Crippen molar-refractivity contribution in [3.05, 3.63) is 59.4 Å². The second-order valence-electron chi connectivity index (χ2n) is 5.48. The van der Waals surface area contributed by atoms with Gasteiger partial charge in [0, 0.05) is 5.56 Å². The third-order valence-electron chi connectivity index (χ3n) is 3.66. The lowest BCUT2D eigenvalue weighted by molar-refractivity contribution is 0.391. The molecule has 1 N–H and O–H groups in total. The van der Waals surface area contributed by atoms with Crippen LogP contribution in [0.4, 0.5) is 10.8 Å². The molecule has 4 aromatic rings. The zero-order chi connectivity index (χ0) is 19.3. The predicted molar refractivity (Wildman–Crippen MR) is 110 cm³/mol. The predicted octanol–water partition coefficient (Wildman–Crippen LogP) is 5.29. The van der Waals surface area contributed by atoms with E-state index in [0.717, 1.165) is 21.3 Å². The summed E-state index contributed by atoms with van der Waals surface area (Å²) < 4.78 is 11.4. The molecule has 0 saturated heterocycles. The lowest BCUT2D eigenvalue weighted by atomic mass is 10.2. The Kier molecular flexibility index (Phi) is 5.75. The normalized spacial score (nSPS) is 10.8. The molecule has 10 heteroatoms. The number of nitrogens with zero attached hydrogens (tertiary/aromatic N) is 4. The van der Waals surface area contributed by atoms with Crippen molar-refractivity contribution in [1.82, 2.24) is 20.3 Å². The van der Waals surface area contributed by atoms with Gasteiger partial charge in [-0.2, -0.15) is 4.98 Å². The Morgan fingerprint density at radius 1 is 1.14 bits per heavy atom. The Labute approximate surface area is 174 Å². The number of thioether (sulfide) groups is 1. The highest BCUT2D eigenvalue weighted by Crippen LogP contribution is 2.33. The van der Waals surface area contributed by atoms with Gasteiger partial charge in [0.1, 0.15) is 5.75 Å². The monoisotopic (exact) mass is 431 g/mol. The van der Waals surface area contributed by atoms with Gasteiger partial charge in [0.2, 0.25) is 16.8 Å². The molecule has 0 saturated carbocycles. The fraction of sp³-hybridized carbons (Fsp3) is 0.111. The van der Waals surface area contributed by atoms with Crippen molar-refractivity contribution in [2.24, 2.45) is 0 Å². The third kappa shape index (κ3) is 4.27. The van der Waals surface area contributed by atoms with Gasteiger partial charge in [0.15, 0.2) is 4.34 Å². The second-order valence-corrected chi connectivity index (χ2v) is 8.09. The van der Waals surface area contributed by atoms with Crippen LogP contribution in [0.5, 0.6) is 5.75 Å². The Balaban J connectivity index is 1.39. The number of rotatable bonds is 7. The van der Waals surface area contributed by atoms with E-state index < -0.39 is 0 Å². The van der Waals surface area contributed by atoms with E-state index in [-0.39, 0.29) is 0 Å². The number of aromatic nitrogens is 4. The maximum Gasteiger partial charge on any atom is 0.237 e. The highest BCUT2D eigenvalue weighted by molar-refractivity contribution is 8.00. The van der Waals surface area contributed by atoms with Crippen LogP contribution < -0.4 is 10.1 Å². The molecule has 2 heterocycles. The Morgan fingerprint density at radius 2 is 1.96 bits per heavy atom. The molecule has 0 atom stereocenters. The molecule has 2 aromatic carbocycles. The van der Waals surface area contributed by atoms with Crippen LogP contribution >= 0.6 is 34.7 Å². The van der Waals surface area contributed by atoms with Crippen LogP contribution in [0.1, 0.15) is 5.89 Å². The van der Waals surface area contributed by atoms with E-state index in [9.17, 15) is 0 Å². The number of hydrogen-bond donors (Lipinski definition) is 1. The SMILES string of the molecule is COc1ccccc1Nc1nnc(SCc2nc(-c3ccccc3Cl)no2)s1. The highest BCUT2D eigenvalue weighted by atomic mass is 35.5. The van der Waals surface area contributed by atoms with Gasteiger partial charge in [-0.15, -0.1) is 10.2 Å². The zero-order valence-corrected chi connectivity index (χ0v) is 17.0. The minimum atomic E-state index is 0.469. The Morgan fingerprint density at radius 3 is 2.82 bits per heavy atom. The fourth-order valence-electron chi connectivity index (χ4n) is 2.37. The summed E-state index contributed by atoms with van der Waals surface area (Å²) >= 11 is 9.08. The number of nitrogens with one attached hydrogen (secondary N) is 1. The summed E-state index contributed by atoms with van der Waals surface area (Å²) in [6.45, 7) is 0. The summed E-state index contributed by atoms with van der Waals surface area (Å²) in [7, 11) is 1.63. The summed E-state index contributed by atoms with van der Waals surface area (Å²) in [4.78, 5) is 4.39. The summed E-state index contributed by atoms with van der Waals surface area (Å²) in [6, 6.07) is 15.0. The first-order valence-electron chi connectivity index (χ1n) is 8.17. The van der Waals surface area contributed by atoms with E-state index in [1.54, 1.807) is 13.2 Å². The topological polar surface area (TPSA) is 86.0 Å². The number of halogens is 1. The molecule has 0 bridgehead atoms. The van der Waals surface area contributed by atoms with E-state index in [4.69, 9.17) is 20.9 Å². The zero-order valence-electron chi connectivity index (χ0n) is 14.6. The molecule has 0 unspecified atom stereocenters. The van der Waals surface area contributed by atoms with Crippen molar-refractivity contribution in [2.45, 2.75) is 10.1 Å². The van der Waals surface area contributed by atoms with Gasteiger partial charge in [0.25, 0.3) is 0 Å². The van der Waals surface area contributed by atoms with E-state index in [1.807, 2.05) is 42.5 Å². The van der Waals surface area contributed by atoms with E-state index in [2.05, 4.69) is 25.7 Å². The minimum absolute atomic E-state index is 0.469. The van der Waals surface area contributed by atoms with Gasteiger partial charge < -0.3 is 14.6 Å². The maximum absolute atomic E-state index is 6.17. The second kappa shape index (κ2) is 8.59. The molecule has 7 nitrogen and oxygen atoms in total. The smallest absolute Gasteiger partial charge is 0.237 e. The van der Waals surface area contributed by atoms with Crippen LogP contribution in [0, 0.1) is 0 Å². The van der Waals surface area contributed by atoms with E-state index >= 15 is 0 Å². The largest absolute Gasteiger partial charge is 0.495 e. The molecular formula is C18H14ClN5O2S2. The Bertz CT molecular complexity index is 1090. The van der Waals surface area contributed by atoms with Gasteiger partial charge in [-0.1, -0.05) is 64.1 Å². The molecule has 2 aromatic heterocycles. The fourth-order valence-corrected chi connectivity index (χ4v) is 4.19. The molecule has 0 aliphatic heterocycles. The number of methoxy groups -OCH3 is 1. The number of para-hydroxylation sites is 2. The Hall–Kier alpha value is -2.62. The van der Waals surface area contributed by atoms with E-state index in [0.29, 0.717) is 27.6 Å². The van der Waals surface area contributed by atoms with Crippen LogP contribution in [0.3, 0.4) is 0 Å². The van der Waals surface area contributed by atoms with Crippen molar-refractivity contribution in [2.75, 3.05) is 12.4 Å². The van der Waals surface area contributed by atoms with Crippen LogP contribution in [0.25, 0.3) is 11.4 Å². The molecule has 0 spiro atoms. The van der Waals surface area contributed by atoms with Crippen molar-refractivity contribution in [3.63, 3.8) is 0 Å². The molecule has 0 fully saturated rings. The molecular weight excluding hydrogens is 418 g/mol. The summed E-state index contributed by atoms with van der Waals surface area (Å²) in [5.74, 6) is 2.19. The summed E-state index contributed by atoms with van der Waals surface area (Å²) in [5, 5.41) is 16.8. The summed E-state index contributed by atoms with van der Waals surface area (Å²) in [6.07, 6.45) is 0. The molecule has 0 aliphatic carbocycles. The standard InChI is InChI=1S/C18H14ClN5O2S2/c1-25-14-9-5-4-8-13(14)20-17-22-23-18(28-17)27-10-15-21-16(24-26-15)11-6-2-3-7-12(11)19/h2-9H,10H2,1H3,(H,20,22). The molecule has 0 amide bonds. The van der Waals surface area contributed by atoms with Crippen LogP contribution in [-0.4, -0.2) is 27.4 Å². The van der Waals surface area contributed by atoms with Gasteiger partial charge >= 0.3 is 0 Å². The number of hydrogen-bond acceptors (Lipinski definition) is 9. The highest BCUT2D eigenvalue weighted by Gasteiger charge is 2.13. The quantitative estimate of drug-likeness (QED) is 0.395. The van der Waals surface area contributed by atoms with Crippen molar-refractivity contribution in [1.29, 1.82) is 0 Å². The first kappa shape index (κ1) is 18.7. The number of anilines is 2. The van der Waals surface area contributed by atoms with Crippen molar-refractivity contribution in [3.8, 4) is 17.1 Å². The average Bonchev–Trinajstić information content (AvgIpc) is 3.37. The van der Waals surface area contributed by atoms with Gasteiger partial charge in [-0.3, -0.25) is 0 Å². The first-order chi connectivity index (χ1) is 13.7. The van der Waals surface area contributed by atoms with Crippen molar-refractivity contribution >= 4 is 45.5 Å². The van der Waals surface area contributed by atoms with E-state index in [1.165, 1.54) is 23.1 Å². The molecule has 142 valence electrons. The van der Waals surface area contributed by atoms with Crippen LogP contribution in [-0.2, 0) is 5.75 Å².